The zero-order valence-corrected chi connectivity index (χ0v) is 16.5. The number of benzene rings is 1. The first-order chi connectivity index (χ1) is 11.3. The molecule has 1 amide bonds. The lowest BCUT2D eigenvalue weighted by Gasteiger charge is -2.39. The summed E-state index contributed by atoms with van der Waals surface area (Å²) in [5.74, 6) is 0.361. The summed E-state index contributed by atoms with van der Waals surface area (Å²) < 4.78 is 0. The van der Waals surface area contributed by atoms with Crippen LogP contribution in [0, 0.1) is 6.92 Å². The van der Waals surface area contributed by atoms with Gasteiger partial charge in [0.05, 0.1) is 6.04 Å². The Hall–Kier alpha value is -1.42. The predicted octanol–water partition coefficient (Wildman–Crippen LogP) is 3.91. The first-order valence-electron chi connectivity index (χ1n) is 8.50. The average molecular weight is 354 g/mol. The van der Waals surface area contributed by atoms with Crippen molar-refractivity contribution in [1.82, 2.24) is 4.90 Å². The topological polar surface area (TPSA) is 46.6 Å². The number of halogens is 1. The van der Waals surface area contributed by atoms with Gasteiger partial charge in [-0.1, -0.05) is 19.9 Å². The van der Waals surface area contributed by atoms with Crippen LogP contribution in [-0.2, 0) is 0 Å². The van der Waals surface area contributed by atoms with Crippen LogP contribution in [0.15, 0.2) is 12.1 Å². The van der Waals surface area contributed by atoms with Gasteiger partial charge in [0, 0.05) is 32.7 Å². The number of likely N-dealkylation sites (tertiary alicyclic amines) is 1. The minimum absolute atomic E-state index is 0.0638. The number of hydrogen-bond donors (Lipinski definition) is 0. The van der Waals surface area contributed by atoms with Crippen molar-refractivity contribution in [2.75, 3.05) is 31.9 Å². The Morgan fingerprint density at radius 2 is 1.92 bits per heavy atom. The molecule has 1 aliphatic rings. The molecule has 24 heavy (non-hydrogen) atoms. The third-order valence-corrected chi connectivity index (χ3v) is 4.60. The number of alkyl halides is 1. The second-order valence-corrected chi connectivity index (χ2v) is 6.79. The van der Waals surface area contributed by atoms with Crippen molar-refractivity contribution >= 4 is 23.4 Å². The van der Waals surface area contributed by atoms with Gasteiger partial charge in [0.25, 0.3) is 0 Å². The molecule has 0 spiro atoms. The molecule has 1 aromatic carbocycles. The molecule has 1 heterocycles. The molecule has 1 aliphatic heterocycles. The number of rotatable bonds is 3. The Kier molecular flexibility index (Phi) is 7.88. The SMILES string of the molecule is CCl.Cc1cc(C2CCCCN2C(=O)[O-])c(C(C)C)cc1N(C)C. The molecule has 2 rings (SSSR count). The van der Waals surface area contributed by atoms with Gasteiger partial charge in [-0.2, -0.15) is 0 Å². The van der Waals surface area contributed by atoms with Crippen molar-refractivity contribution in [1.29, 1.82) is 0 Å². The van der Waals surface area contributed by atoms with Crippen LogP contribution in [0.1, 0.15) is 61.8 Å². The highest BCUT2D eigenvalue weighted by Gasteiger charge is 2.27. The van der Waals surface area contributed by atoms with E-state index in [2.05, 4.69) is 49.4 Å². The van der Waals surface area contributed by atoms with E-state index in [0.717, 1.165) is 24.8 Å². The van der Waals surface area contributed by atoms with Crippen LogP contribution in [0.5, 0.6) is 0 Å². The summed E-state index contributed by atoms with van der Waals surface area (Å²) in [6.45, 7) is 7.01. The molecule has 1 atom stereocenters. The molecule has 1 saturated heterocycles. The number of piperidine rings is 1. The standard InChI is InChI=1S/C18H28N2O2.CH3Cl/c1-12(2)14-11-17(19(4)5)13(3)10-15(14)16-8-6-7-9-20(16)18(21)22;1-2/h10-12,16H,6-9H2,1-5H3,(H,21,22);1H3/p-1. The van der Waals surface area contributed by atoms with Crippen molar-refractivity contribution in [3.05, 3.63) is 28.8 Å². The van der Waals surface area contributed by atoms with E-state index >= 15 is 0 Å². The van der Waals surface area contributed by atoms with Gasteiger partial charge in [-0.15, -0.1) is 11.6 Å². The zero-order valence-electron chi connectivity index (χ0n) is 15.7. The molecule has 0 saturated carbocycles. The van der Waals surface area contributed by atoms with E-state index < -0.39 is 6.09 Å². The first kappa shape index (κ1) is 20.6. The van der Waals surface area contributed by atoms with Crippen molar-refractivity contribution in [3.8, 4) is 0 Å². The molecule has 0 aromatic heterocycles. The van der Waals surface area contributed by atoms with Gasteiger partial charge in [-0.3, -0.25) is 0 Å². The van der Waals surface area contributed by atoms with Crippen molar-refractivity contribution < 1.29 is 9.90 Å². The second-order valence-electron chi connectivity index (χ2n) is 6.79. The number of aryl methyl sites for hydroxylation is 1. The van der Waals surface area contributed by atoms with Crippen molar-refractivity contribution in [2.24, 2.45) is 0 Å². The minimum Gasteiger partial charge on any atom is -0.530 e. The average Bonchev–Trinajstić information content (AvgIpc) is 2.55. The number of carbonyl (C=O) groups is 1. The predicted molar refractivity (Wildman–Crippen MR) is 100 cm³/mol. The number of anilines is 1. The molecule has 1 unspecified atom stereocenters. The fraction of sp³-hybridized carbons (Fsp3) is 0.632. The molecule has 0 bridgehead atoms. The number of carboxylic acid groups (broad SMARTS) is 1. The molecular formula is C19H30ClN2O2-. The third-order valence-electron chi connectivity index (χ3n) is 4.60. The monoisotopic (exact) mass is 353 g/mol. The normalized spacial score (nSPS) is 17.3. The molecule has 5 heteroatoms. The maximum Gasteiger partial charge on any atom is 0.137 e. The summed E-state index contributed by atoms with van der Waals surface area (Å²) in [6, 6.07) is 4.33. The fourth-order valence-electron chi connectivity index (χ4n) is 3.48. The highest BCUT2D eigenvalue weighted by Crippen LogP contribution is 2.38. The quantitative estimate of drug-likeness (QED) is 0.774. The van der Waals surface area contributed by atoms with Crippen LogP contribution in [-0.4, -0.2) is 38.0 Å². The largest absolute Gasteiger partial charge is 0.530 e. The minimum atomic E-state index is -1.05. The van der Waals surface area contributed by atoms with Gasteiger partial charge >= 0.3 is 0 Å². The fourth-order valence-corrected chi connectivity index (χ4v) is 3.48. The summed E-state index contributed by atoms with van der Waals surface area (Å²) in [5.41, 5.74) is 4.78. The van der Waals surface area contributed by atoms with E-state index in [9.17, 15) is 9.90 Å². The van der Waals surface area contributed by atoms with Crippen molar-refractivity contribution in [2.45, 2.75) is 52.0 Å². The van der Waals surface area contributed by atoms with Gasteiger partial charge in [-0.05, 0) is 54.9 Å². The van der Waals surface area contributed by atoms with Gasteiger partial charge < -0.3 is 19.7 Å². The van der Waals surface area contributed by atoms with Crippen LogP contribution >= 0.6 is 11.6 Å². The summed E-state index contributed by atoms with van der Waals surface area (Å²) >= 11 is 4.64. The third kappa shape index (κ3) is 4.56. The molecule has 1 aromatic rings. The first-order valence-corrected chi connectivity index (χ1v) is 9.25. The number of hydrogen-bond acceptors (Lipinski definition) is 3. The summed E-state index contributed by atoms with van der Waals surface area (Å²) in [4.78, 5) is 15.1. The maximum atomic E-state index is 11.5. The van der Waals surface area contributed by atoms with Crippen LogP contribution in [0.3, 0.4) is 0 Å². The van der Waals surface area contributed by atoms with E-state index in [4.69, 9.17) is 0 Å². The summed E-state index contributed by atoms with van der Waals surface area (Å²) in [6.07, 6.45) is 3.30. The number of carbonyl (C=O) groups excluding carboxylic acids is 1. The maximum absolute atomic E-state index is 11.5. The Balaban J connectivity index is 0.00000139. The Morgan fingerprint density at radius 3 is 2.42 bits per heavy atom. The number of nitrogens with zero attached hydrogens (tertiary/aromatic N) is 2. The Morgan fingerprint density at radius 1 is 1.29 bits per heavy atom. The smallest absolute Gasteiger partial charge is 0.137 e. The lowest BCUT2D eigenvalue weighted by Crippen LogP contribution is -2.46. The highest BCUT2D eigenvalue weighted by atomic mass is 35.5. The van der Waals surface area contributed by atoms with Crippen molar-refractivity contribution in [3.63, 3.8) is 0 Å². The van der Waals surface area contributed by atoms with E-state index in [1.54, 1.807) is 0 Å². The van der Waals surface area contributed by atoms with E-state index in [1.165, 1.54) is 28.1 Å². The van der Waals surface area contributed by atoms with E-state index in [1.807, 2.05) is 14.1 Å². The van der Waals surface area contributed by atoms with Crippen LogP contribution in [0.25, 0.3) is 0 Å². The lowest BCUT2D eigenvalue weighted by molar-refractivity contribution is -0.269. The Bertz CT molecular complexity index is 559. The summed E-state index contributed by atoms with van der Waals surface area (Å²) in [5, 5.41) is 11.5. The molecule has 0 radical (unpaired) electrons. The Labute approximate surface area is 151 Å². The van der Waals surface area contributed by atoms with Crippen LogP contribution in [0.4, 0.5) is 10.5 Å². The van der Waals surface area contributed by atoms with Gasteiger partial charge in [0.2, 0.25) is 0 Å². The molecule has 1 fully saturated rings. The van der Waals surface area contributed by atoms with Crippen LogP contribution in [0.2, 0.25) is 0 Å². The van der Waals surface area contributed by atoms with Gasteiger partial charge in [-0.25, -0.2) is 0 Å². The van der Waals surface area contributed by atoms with Gasteiger partial charge in [0.15, 0.2) is 0 Å². The van der Waals surface area contributed by atoms with Crippen LogP contribution < -0.4 is 10.0 Å². The highest BCUT2D eigenvalue weighted by molar-refractivity contribution is 6.15. The number of amides is 1. The molecule has 4 nitrogen and oxygen atoms in total. The zero-order chi connectivity index (χ0) is 18.4. The molecule has 0 aliphatic carbocycles. The lowest BCUT2D eigenvalue weighted by atomic mass is 9.86. The second kappa shape index (κ2) is 9.16. The summed E-state index contributed by atoms with van der Waals surface area (Å²) in [7, 11) is 4.08. The van der Waals surface area contributed by atoms with E-state index in [-0.39, 0.29) is 6.04 Å². The molecular weight excluding hydrogens is 324 g/mol. The van der Waals surface area contributed by atoms with Gasteiger partial charge in [0.1, 0.15) is 6.09 Å². The molecule has 0 N–H and O–H groups in total. The van der Waals surface area contributed by atoms with E-state index in [0.29, 0.717) is 12.5 Å². The molecule has 136 valence electrons.